The molecule has 0 aliphatic carbocycles. The van der Waals surface area contributed by atoms with Crippen LogP contribution in [0, 0.1) is 0 Å². The molecule has 1 aliphatic rings. The summed E-state index contributed by atoms with van der Waals surface area (Å²) in [7, 11) is 7.83. The first-order valence-electron chi connectivity index (χ1n) is 10.00. The van der Waals surface area contributed by atoms with E-state index < -0.39 is 18.1 Å². The van der Waals surface area contributed by atoms with Gasteiger partial charge in [-0.05, 0) is 37.1 Å². The molecule has 1 fully saturated rings. The highest BCUT2D eigenvalue weighted by Crippen LogP contribution is 2.48. The first-order valence-corrected chi connectivity index (χ1v) is 10.00. The Morgan fingerprint density at radius 2 is 1.58 bits per heavy atom. The molecule has 2 aromatic rings. The van der Waals surface area contributed by atoms with Crippen LogP contribution in [-0.2, 0) is 4.79 Å². The number of rotatable bonds is 9. The number of nitrogens with zero attached hydrogens (tertiary/aromatic N) is 1. The second-order valence-corrected chi connectivity index (χ2v) is 7.17. The summed E-state index contributed by atoms with van der Waals surface area (Å²) in [6.07, 6.45) is 1.35. The van der Waals surface area contributed by atoms with Crippen molar-refractivity contribution in [2.45, 2.75) is 24.9 Å². The number of carboxylic acid groups (broad SMARTS) is 1. The van der Waals surface area contributed by atoms with E-state index in [-0.39, 0.29) is 0 Å². The van der Waals surface area contributed by atoms with Gasteiger partial charge in [-0.15, -0.1) is 0 Å². The molecule has 2 atom stereocenters. The van der Waals surface area contributed by atoms with E-state index in [9.17, 15) is 9.90 Å². The van der Waals surface area contributed by atoms with Gasteiger partial charge in [0.05, 0.1) is 41.6 Å². The van der Waals surface area contributed by atoms with Gasteiger partial charge in [0.2, 0.25) is 5.75 Å². The number of hydrogen-bond donors (Lipinski definition) is 1. The Hall–Kier alpha value is -3.13. The molecule has 0 saturated carbocycles. The van der Waals surface area contributed by atoms with Crippen molar-refractivity contribution >= 4 is 5.97 Å². The van der Waals surface area contributed by atoms with E-state index in [1.165, 1.54) is 0 Å². The molecule has 0 bridgehead atoms. The molecular weight excluding hydrogens is 402 g/mol. The highest BCUT2D eigenvalue weighted by atomic mass is 16.5. The third-order valence-electron chi connectivity index (χ3n) is 5.68. The Labute approximate surface area is 182 Å². The number of methoxy groups -OCH3 is 5. The zero-order valence-electron chi connectivity index (χ0n) is 18.5. The molecule has 2 aromatic carbocycles. The lowest BCUT2D eigenvalue weighted by molar-refractivity contribution is -0.142. The Balaban J connectivity index is 2.27. The van der Waals surface area contributed by atoms with E-state index in [1.807, 2.05) is 23.1 Å². The fourth-order valence-electron chi connectivity index (χ4n) is 4.27. The average molecular weight is 431 g/mol. The predicted molar refractivity (Wildman–Crippen MR) is 115 cm³/mol. The Morgan fingerprint density at radius 3 is 2.16 bits per heavy atom. The minimum Gasteiger partial charge on any atom is -0.497 e. The average Bonchev–Trinajstić information content (AvgIpc) is 3.28. The van der Waals surface area contributed by atoms with Crippen LogP contribution in [0.4, 0.5) is 0 Å². The molecule has 2 unspecified atom stereocenters. The lowest BCUT2D eigenvalue weighted by atomic mass is 9.93. The number of carboxylic acids is 1. The summed E-state index contributed by atoms with van der Waals surface area (Å²) in [5.74, 6) is 1.85. The predicted octanol–water partition coefficient (Wildman–Crippen LogP) is 3.37. The van der Waals surface area contributed by atoms with Crippen molar-refractivity contribution < 1.29 is 33.6 Å². The Kier molecular flexibility index (Phi) is 7.12. The number of benzene rings is 2. The fourth-order valence-corrected chi connectivity index (χ4v) is 4.27. The Bertz CT molecular complexity index is 930. The van der Waals surface area contributed by atoms with Gasteiger partial charge in [-0.2, -0.15) is 0 Å². The molecule has 1 heterocycles. The number of ether oxygens (including phenoxy) is 5. The van der Waals surface area contributed by atoms with Crippen molar-refractivity contribution in [2.75, 3.05) is 42.1 Å². The maximum absolute atomic E-state index is 12.0. The van der Waals surface area contributed by atoms with Crippen LogP contribution in [0.2, 0.25) is 0 Å². The van der Waals surface area contributed by atoms with Crippen LogP contribution in [-0.4, -0.2) is 64.1 Å². The second kappa shape index (κ2) is 9.78. The summed E-state index contributed by atoms with van der Waals surface area (Å²) >= 11 is 0. The molecule has 168 valence electrons. The lowest BCUT2D eigenvalue weighted by Crippen LogP contribution is -2.39. The van der Waals surface area contributed by atoms with Crippen LogP contribution < -0.4 is 23.7 Å². The zero-order chi connectivity index (χ0) is 22.5. The van der Waals surface area contributed by atoms with E-state index in [0.717, 1.165) is 17.5 Å². The summed E-state index contributed by atoms with van der Waals surface area (Å²) < 4.78 is 27.8. The summed E-state index contributed by atoms with van der Waals surface area (Å²) in [6.45, 7) is 0.619. The van der Waals surface area contributed by atoms with Gasteiger partial charge in [0.25, 0.3) is 0 Å². The first-order chi connectivity index (χ1) is 15.0. The molecule has 8 heteroatoms. The number of hydrogen-bond acceptors (Lipinski definition) is 7. The SMILES string of the molecule is COc1ccc(C(c2ccc(OC)c(OC)c2OC)N2CCCC2C(=O)O)c(OC)c1. The summed E-state index contributed by atoms with van der Waals surface area (Å²) in [6, 6.07) is 8.13. The Morgan fingerprint density at radius 1 is 0.903 bits per heavy atom. The lowest BCUT2D eigenvalue weighted by Gasteiger charge is -2.34. The van der Waals surface area contributed by atoms with Gasteiger partial charge in [-0.1, -0.05) is 0 Å². The summed E-state index contributed by atoms with van der Waals surface area (Å²) in [5.41, 5.74) is 1.57. The standard InChI is InChI=1S/C23H29NO7/c1-27-14-8-9-15(19(13-14)29-3)20(24-12-6-7-17(24)23(25)26)16-10-11-18(28-2)22(31-5)21(16)30-4/h8-11,13,17,20H,6-7,12H2,1-5H3,(H,25,26). The molecule has 0 spiro atoms. The monoisotopic (exact) mass is 431 g/mol. The van der Waals surface area contributed by atoms with Crippen LogP contribution in [0.3, 0.4) is 0 Å². The van der Waals surface area contributed by atoms with Gasteiger partial charge < -0.3 is 28.8 Å². The molecule has 1 aliphatic heterocycles. The van der Waals surface area contributed by atoms with Crippen molar-refractivity contribution in [3.05, 3.63) is 41.5 Å². The normalized spacial score (nSPS) is 17.1. The number of carbonyl (C=O) groups is 1. The molecule has 1 N–H and O–H groups in total. The van der Waals surface area contributed by atoms with Gasteiger partial charge in [0.15, 0.2) is 11.5 Å². The number of aliphatic carboxylic acids is 1. The maximum atomic E-state index is 12.0. The fraction of sp³-hybridized carbons (Fsp3) is 0.435. The third-order valence-corrected chi connectivity index (χ3v) is 5.68. The molecule has 0 amide bonds. The van der Waals surface area contributed by atoms with Crippen LogP contribution in [0.25, 0.3) is 0 Å². The third kappa shape index (κ3) is 4.20. The van der Waals surface area contributed by atoms with E-state index in [2.05, 4.69) is 0 Å². The highest BCUT2D eigenvalue weighted by Gasteiger charge is 2.40. The minimum absolute atomic E-state index is 0.445. The van der Waals surface area contributed by atoms with Crippen molar-refractivity contribution in [3.63, 3.8) is 0 Å². The van der Waals surface area contributed by atoms with Gasteiger partial charge >= 0.3 is 5.97 Å². The van der Waals surface area contributed by atoms with E-state index in [4.69, 9.17) is 23.7 Å². The van der Waals surface area contributed by atoms with Crippen molar-refractivity contribution in [2.24, 2.45) is 0 Å². The van der Waals surface area contributed by atoms with Gasteiger partial charge in [0.1, 0.15) is 17.5 Å². The van der Waals surface area contributed by atoms with Crippen LogP contribution >= 0.6 is 0 Å². The first kappa shape index (κ1) is 22.6. The minimum atomic E-state index is -0.852. The summed E-state index contributed by atoms with van der Waals surface area (Å²) in [4.78, 5) is 14.0. The van der Waals surface area contributed by atoms with E-state index >= 15 is 0 Å². The topological polar surface area (TPSA) is 86.7 Å². The number of likely N-dealkylation sites (tertiary alicyclic amines) is 1. The van der Waals surface area contributed by atoms with Crippen LogP contribution in [0.5, 0.6) is 28.7 Å². The van der Waals surface area contributed by atoms with Crippen LogP contribution in [0.15, 0.2) is 30.3 Å². The van der Waals surface area contributed by atoms with Gasteiger partial charge in [0, 0.05) is 23.7 Å². The summed E-state index contributed by atoms with van der Waals surface area (Å²) in [5, 5.41) is 9.88. The molecule has 3 rings (SSSR count). The molecular formula is C23H29NO7. The maximum Gasteiger partial charge on any atom is 0.320 e. The smallest absolute Gasteiger partial charge is 0.320 e. The largest absolute Gasteiger partial charge is 0.497 e. The van der Waals surface area contributed by atoms with Gasteiger partial charge in [-0.25, -0.2) is 0 Å². The quantitative estimate of drug-likeness (QED) is 0.647. The van der Waals surface area contributed by atoms with Crippen molar-refractivity contribution in [1.29, 1.82) is 0 Å². The molecule has 8 nitrogen and oxygen atoms in total. The van der Waals surface area contributed by atoms with E-state index in [1.54, 1.807) is 47.7 Å². The molecule has 1 saturated heterocycles. The molecule has 31 heavy (non-hydrogen) atoms. The highest BCUT2D eigenvalue weighted by molar-refractivity contribution is 5.74. The zero-order valence-corrected chi connectivity index (χ0v) is 18.5. The van der Waals surface area contributed by atoms with Crippen LogP contribution in [0.1, 0.15) is 30.0 Å². The van der Waals surface area contributed by atoms with E-state index in [0.29, 0.717) is 41.7 Å². The van der Waals surface area contributed by atoms with Crippen molar-refractivity contribution in [3.8, 4) is 28.7 Å². The molecule has 0 radical (unpaired) electrons. The van der Waals surface area contributed by atoms with Gasteiger partial charge in [-0.3, -0.25) is 9.69 Å². The van der Waals surface area contributed by atoms with Crippen molar-refractivity contribution in [1.82, 2.24) is 4.90 Å². The second-order valence-electron chi connectivity index (χ2n) is 7.17. The molecule has 0 aromatic heterocycles.